The first kappa shape index (κ1) is 91.1. The molecule has 552 valence electrons. The standard InChI is InChI=1S/C74H144O17P2/c1-64(2)50-42-34-26-19-14-12-10-9-11-13-15-22-31-40-48-56-73(78)91-70(61-85-72(77)55-47-39-33-25-29-37-45-53-67(7)8)63-89-93(82,83)87-59-68(75)58-86-92(80,81)88-62-69(60-84-71(76)54-46-38-30-24-18-21-28-36-44-52-66(5)6)90-74(79)57-49-41-32-23-17-16-20-27-35-43-51-65(3)4/h64-70,75H,9-63H2,1-8H3,(H,80,81)(H,82,83)/t68?,69-,70-/m1/s1. The van der Waals surface area contributed by atoms with Crippen LogP contribution in [0.3, 0.4) is 0 Å². The number of unbranched alkanes of at least 4 members (excludes halogenated alkanes) is 37. The summed E-state index contributed by atoms with van der Waals surface area (Å²) in [6.45, 7) is 14.1. The Morgan fingerprint density at radius 1 is 0.269 bits per heavy atom. The Hall–Kier alpha value is -1.94. The Bertz CT molecular complexity index is 1830. The van der Waals surface area contributed by atoms with Crippen LogP contribution in [0.25, 0.3) is 0 Å². The van der Waals surface area contributed by atoms with Crippen LogP contribution in [0, 0.1) is 23.7 Å². The fourth-order valence-corrected chi connectivity index (χ4v) is 12.8. The monoisotopic (exact) mass is 1370 g/mol. The molecule has 0 aromatic rings. The quantitative estimate of drug-likeness (QED) is 0.0222. The summed E-state index contributed by atoms with van der Waals surface area (Å²) >= 11 is 0. The Morgan fingerprint density at radius 3 is 0.667 bits per heavy atom. The number of phosphoric acid groups is 2. The van der Waals surface area contributed by atoms with Crippen molar-refractivity contribution >= 4 is 39.5 Å². The Balaban J connectivity index is 5.23. The zero-order chi connectivity index (χ0) is 68.9. The van der Waals surface area contributed by atoms with Gasteiger partial charge in [0.15, 0.2) is 12.2 Å². The van der Waals surface area contributed by atoms with Gasteiger partial charge >= 0.3 is 39.5 Å². The molecule has 0 spiro atoms. The predicted molar refractivity (Wildman–Crippen MR) is 377 cm³/mol. The summed E-state index contributed by atoms with van der Waals surface area (Å²) in [6.07, 6.45) is 47.3. The molecule has 0 aromatic heterocycles. The minimum atomic E-state index is -4.96. The summed E-state index contributed by atoms with van der Waals surface area (Å²) in [5, 5.41) is 10.6. The second-order valence-corrected chi connectivity index (χ2v) is 31.5. The smallest absolute Gasteiger partial charge is 0.462 e. The van der Waals surface area contributed by atoms with Crippen molar-refractivity contribution in [3.8, 4) is 0 Å². The Labute approximate surface area is 568 Å². The summed E-state index contributed by atoms with van der Waals surface area (Å²) in [5.41, 5.74) is 0. The lowest BCUT2D eigenvalue weighted by Crippen LogP contribution is -2.30. The molecule has 0 radical (unpaired) electrons. The van der Waals surface area contributed by atoms with Gasteiger partial charge in [-0.15, -0.1) is 0 Å². The molecule has 19 heteroatoms. The highest BCUT2D eigenvalue weighted by Gasteiger charge is 2.30. The average molecular weight is 1370 g/mol. The number of aliphatic hydroxyl groups excluding tert-OH is 1. The van der Waals surface area contributed by atoms with Crippen LogP contribution in [0.15, 0.2) is 0 Å². The summed E-state index contributed by atoms with van der Waals surface area (Å²) in [5.74, 6) is 0.879. The van der Waals surface area contributed by atoms with E-state index in [1.165, 1.54) is 167 Å². The molecule has 0 heterocycles. The van der Waals surface area contributed by atoms with Crippen LogP contribution in [-0.4, -0.2) is 96.7 Å². The van der Waals surface area contributed by atoms with Crippen LogP contribution in [0.5, 0.6) is 0 Å². The number of hydrogen-bond acceptors (Lipinski definition) is 15. The van der Waals surface area contributed by atoms with Crippen molar-refractivity contribution in [3.05, 3.63) is 0 Å². The van der Waals surface area contributed by atoms with E-state index in [0.29, 0.717) is 31.6 Å². The summed E-state index contributed by atoms with van der Waals surface area (Å²) in [6, 6.07) is 0. The van der Waals surface area contributed by atoms with Gasteiger partial charge in [-0.25, -0.2) is 9.13 Å². The summed E-state index contributed by atoms with van der Waals surface area (Å²) in [7, 11) is -9.91. The lowest BCUT2D eigenvalue weighted by atomic mass is 10.0. The molecule has 3 N–H and O–H groups in total. The summed E-state index contributed by atoms with van der Waals surface area (Å²) in [4.78, 5) is 72.7. The van der Waals surface area contributed by atoms with E-state index < -0.39 is 97.5 Å². The van der Waals surface area contributed by atoms with Crippen molar-refractivity contribution in [1.29, 1.82) is 0 Å². The van der Waals surface area contributed by atoms with Crippen LogP contribution in [0.4, 0.5) is 0 Å². The largest absolute Gasteiger partial charge is 0.472 e. The van der Waals surface area contributed by atoms with Crippen molar-refractivity contribution in [1.82, 2.24) is 0 Å². The van der Waals surface area contributed by atoms with Gasteiger partial charge in [0.2, 0.25) is 0 Å². The van der Waals surface area contributed by atoms with E-state index >= 15 is 0 Å². The highest BCUT2D eigenvalue weighted by Crippen LogP contribution is 2.45. The average Bonchev–Trinajstić information content (AvgIpc) is 1.64. The van der Waals surface area contributed by atoms with Crippen LogP contribution >= 0.6 is 15.6 Å². The van der Waals surface area contributed by atoms with Gasteiger partial charge in [-0.1, -0.05) is 319 Å². The van der Waals surface area contributed by atoms with E-state index in [-0.39, 0.29) is 25.7 Å². The molecule has 0 saturated heterocycles. The van der Waals surface area contributed by atoms with Crippen molar-refractivity contribution in [2.45, 2.75) is 388 Å². The van der Waals surface area contributed by atoms with Crippen LogP contribution in [0.2, 0.25) is 0 Å². The molecule has 0 saturated carbocycles. The molecule has 0 aliphatic rings. The topological polar surface area (TPSA) is 237 Å². The maximum Gasteiger partial charge on any atom is 0.472 e. The summed E-state index contributed by atoms with van der Waals surface area (Å²) < 4.78 is 68.4. The van der Waals surface area contributed by atoms with Crippen LogP contribution in [0.1, 0.15) is 370 Å². The molecule has 0 aliphatic carbocycles. The maximum atomic E-state index is 13.0. The number of carbonyl (C=O) groups excluding carboxylic acids is 4. The number of phosphoric ester groups is 2. The predicted octanol–water partition coefficient (Wildman–Crippen LogP) is 21.3. The van der Waals surface area contributed by atoms with Crippen LogP contribution in [-0.2, 0) is 65.4 Å². The minimum absolute atomic E-state index is 0.105. The van der Waals surface area contributed by atoms with Gasteiger partial charge in [0, 0.05) is 25.7 Å². The molecular weight excluding hydrogens is 1220 g/mol. The molecule has 17 nitrogen and oxygen atoms in total. The van der Waals surface area contributed by atoms with E-state index in [2.05, 4.69) is 55.4 Å². The van der Waals surface area contributed by atoms with Crippen molar-refractivity contribution < 1.29 is 80.2 Å². The lowest BCUT2D eigenvalue weighted by Gasteiger charge is -2.21. The van der Waals surface area contributed by atoms with E-state index in [9.17, 15) is 43.2 Å². The van der Waals surface area contributed by atoms with Crippen LogP contribution < -0.4 is 0 Å². The molecular formula is C74H144O17P2. The van der Waals surface area contributed by atoms with Crippen molar-refractivity contribution in [2.75, 3.05) is 39.6 Å². The van der Waals surface area contributed by atoms with E-state index in [1.54, 1.807) is 0 Å². The third-order valence-corrected chi connectivity index (χ3v) is 19.0. The van der Waals surface area contributed by atoms with Gasteiger partial charge in [0.25, 0.3) is 0 Å². The maximum absolute atomic E-state index is 13.0. The third-order valence-electron chi connectivity index (χ3n) is 17.1. The lowest BCUT2D eigenvalue weighted by molar-refractivity contribution is -0.161. The zero-order valence-corrected chi connectivity index (χ0v) is 62.7. The van der Waals surface area contributed by atoms with E-state index in [0.717, 1.165) is 114 Å². The van der Waals surface area contributed by atoms with Gasteiger partial charge in [-0.05, 0) is 49.4 Å². The van der Waals surface area contributed by atoms with Gasteiger partial charge in [-0.2, -0.15) is 0 Å². The molecule has 0 bridgehead atoms. The molecule has 0 aliphatic heterocycles. The highest BCUT2D eigenvalue weighted by atomic mass is 31.2. The van der Waals surface area contributed by atoms with E-state index in [1.807, 2.05) is 0 Å². The minimum Gasteiger partial charge on any atom is -0.462 e. The van der Waals surface area contributed by atoms with Gasteiger partial charge in [0.05, 0.1) is 26.4 Å². The molecule has 5 atom stereocenters. The Morgan fingerprint density at radius 2 is 0.452 bits per heavy atom. The number of esters is 4. The second-order valence-electron chi connectivity index (χ2n) is 28.6. The van der Waals surface area contributed by atoms with Crippen molar-refractivity contribution in [2.24, 2.45) is 23.7 Å². The zero-order valence-electron chi connectivity index (χ0n) is 60.9. The SMILES string of the molecule is CC(C)CCCCCCCCCCCCCCCCCC(=O)O[C@H](COC(=O)CCCCCCCCCC(C)C)COP(=O)(O)OCC(O)COP(=O)(O)OC[C@@H](COC(=O)CCCCCCCCCCCC(C)C)OC(=O)CCCCCCCCCCCCC(C)C. The molecule has 93 heavy (non-hydrogen) atoms. The first-order chi connectivity index (χ1) is 44.6. The number of ether oxygens (including phenoxy) is 4. The van der Waals surface area contributed by atoms with Gasteiger partial charge in [0.1, 0.15) is 19.3 Å². The highest BCUT2D eigenvalue weighted by molar-refractivity contribution is 7.47. The van der Waals surface area contributed by atoms with Gasteiger partial charge < -0.3 is 33.8 Å². The Kier molecular flexibility index (Phi) is 62.2. The second kappa shape index (κ2) is 63.5. The molecule has 3 unspecified atom stereocenters. The van der Waals surface area contributed by atoms with Gasteiger partial charge in [-0.3, -0.25) is 37.3 Å². The van der Waals surface area contributed by atoms with E-state index in [4.69, 9.17) is 37.0 Å². The number of rotatable bonds is 71. The number of hydrogen-bond donors (Lipinski definition) is 3. The number of aliphatic hydroxyl groups is 1. The molecule has 0 fully saturated rings. The fraction of sp³-hybridized carbons (Fsp3) is 0.946. The van der Waals surface area contributed by atoms with Crippen molar-refractivity contribution in [3.63, 3.8) is 0 Å². The molecule has 0 aromatic carbocycles. The molecule has 0 rings (SSSR count). The normalized spacial score (nSPS) is 14.2. The first-order valence-electron chi connectivity index (χ1n) is 38.2. The number of carbonyl (C=O) groups is 4. The first-order valence-corrected chi connectivity index (χ1v) is 41.2. The fourth-order valence-electron chi connectivity index (χ4n) is 11.2. The molecule has 0 amide bonds. The third kappa shape index (κ3) is 68.4.